The molecule has 3 aromatic rings. The molecule has 0 aliphatic carbocycles. The Morgan fingerprint density at radius 3 is 2.68 bits per heavy atom. The highest BCUT2D eigenvalue weighted by atomic mass is 35.5. The van der Waals surface area contributed by atoms with Crippen LogP contribution in [0.5, 0.6) is 0 Å². The Morgan fingerprint density at radius 1 is 1.09 bits per heavy atom. The van der Waals surface area contributed by atoms with Crippen molar-refractivity contribution in [1.29, 1.82) is 0 Å². The molecule has 0 aliphatic heterocycles. The van der Waals surface area contributed by atoms with Crippen LogP contribution in [0, 0.1) is 0 Å². The van der Waals surface area contributed by atoms with Gasteiger partial charge in [-0.2, -0.15) is 0 Å². The van der Waals surface area contributed by atoms with E-state index in [1.807, 2.05) is 6.07 Å². The first kappa shape index (κ1) is 14.4. The zero-order valence-electron chi connectivity index (χ0n) is 11.8. The molecule has 0 spiro atoms. The third kappa shape index (κ3) is 2.87. The number of benzene rings is 2. The van der Waals surface area contributed by atoms with Gasteiger partial charge in [-0.15, -0.1) is 0 Å². The van der Waals surface area contributed by atoms with Crippen LogP contribution in [-0.2, 0) is 0 Å². The van der Waals surface area contributed by atoms with Crippen LogP contribution in [0.4, 0.5) is 5.69 Å². The number of ketones is 1. The minimum Gasteiger partial charge on any atom is -0.350 e. The summed E-state index contributed by atoms with van der Waals surface area (Å²) in [5.74, 6) is -0.315. The number of Topliss-reactive ketones (excluding diaryl/α,β-unsaturated/α-hetero) is 1. The smallest absolute Gasteiger partial charge is 0.272 e. The average Bonchev–Trinajstić information content (AvgIpc) is 2.90. The maximum atomic E-state index is 12.3. The summed E-state index contributed by atoms with van der Waals surface area (Å²) in [6.07, 6.45) is 0. The molecule has 0 fully saturated rings. The highest BCUT2D eigenvalue weighted by Crippen LogP contribution is 2.21. The van der Waals surface area contributed by atoms with Gasteiger partial charge in [0.2, 0.25) is 0 Å². The molecule has 1 aromatic heterocycles. The van der Waals surface area contributed by atoms with Crippen molar-refractivity contribution in [3.05, 3.63) is 64.8 Å². The summed E-state index contributed by atoms with van der Waals surface area (Å²) in [6, 6.07) is 14.0. The van der Waals surface area contributed by atoms with Crippen molar-refractivity contribution in [1.82, 2.24) is 4.98 Å². The zero-order valence-corrected chi connectivity index (χ0v) is 12.6. The van der Waals surface area contributed by atoms with Crippen molar-refractivity contribution in [3.63, 3.8) is 0 Å². The van der Waals surface area contributed by atoms with Crippen LogP contribution < -0.4 is 5.32 Å². The predicted molar refractivity (Wildman–Crippen MR) is 87.7 cm³/mol. The summed E-state index contributed by atoms with van der Waals surface area (Å²) in [5.41, 5.74) is 2.37. The van der Waals surface area contributed by atoms with Crippen LogP contribution >= 0.6 is 11.6 Å². The number of rotatable bonds is 3. The second-order valence-corrected chi connectivity index (χ2v) is 5.44. The number of anilines is 1. The lowest BCUT2D eigenvalue weighted by atomic mass is 10.1. The molecule has 5 heteroatoms. The highest BCUT2D eigenvalue weighted by molar-refractivity contribution is 6.31. The van der Waals surface area contributed by atoms with Gasteiger partial charge in [0.1, 0.15) is 5.69 Å². The first-order valence-corrected chi connectivity index (χ1v) is 7.11. The third-order valence-electron chi connectivity index (χ3n) is 3.36. The summed E-state index contributed by atoms with van der Waals surface area (Å²) >= 11 is 5.93. The van der Waals surface area contributed by atoms with E-state index >= 15 is 0 Å². The molecule has 0 radical (unpaired) electrons. The van der Waals surface area contributed by atoms with Gasteiger partial charge in [0.25, 0.3) is 5.91 Å². The van der Waals surface area contributed by atoms with Gasteiger partial charge in [0.05, 0.1) is 0 Å². The monoisotopic (exact) mass is 312 g/mol. The summed E-state index contributed by atoms with van der Waals surface area (Å²) in [5, 5.41) is 4.29. The fourth-order valence-electron chi connectivity index (χ4n) is 2.24. The lowest BCUT2D eigenvalue weighted by Gasteiger charge is -2.05. The summed E-state index contributed by atoms with van der Waals surface area (Å²) in [4.78, 5) is 26.7. The van der Waals surface area contributed by atoms with Gasteiger partial charge < -0.3 is 10.3 Å². The Hall–Kier alpha value is -2.59. The molecule has 0 aliphatic rings. The number of aromatic amines is 1. The maximum absolute atomic E-state index is 12.3. The van der Waals surface area contributed by atoms with Gasteiger partial charge >= 0.3 is 0 Å². The van der Waals surface area contributed by atoms with E-state index in [4.69, 9.17) is 11.6 Å². The molecule has 2 N–H and O–H groups in total. The number of nitrogens with one attached hydrogen (secondary N) is 2. The quantitative estimate of drug-likeness (QED) is 0.709. The number of carbonyl (C=O) groups excluding carboxylic acids is 2. The number of hydrogen-bond acceptors (Lipinski definition) is 2. The number of carbonyl (C=O) groups is 2. The van der Waals surface area contributed by atoms with Crippen LogP contribution in [0.1, 0.15) is 27.8 Å². The molecule has 1 amide bonds. The number of amides is 1. The number of fused-ring (bicyclic) bond motifs is 1. The van der Waals surface area contributed by atoms with Gasteiger partial charge in [-0.05, 0) is 37.3 Å². The molecule has 0 saturated heterocycles. The molecule has 1 heterocycles. The molecule has 0 bridgehead atoms. The predicted octanol–water partition coefficient (Wildman–Crippen LogP) is 4.28. The molecule has 0 saturated carbocycles. The standard InChI is InChI=1S/C17H13ClN2O2/c1-10(21)11-3-2-4-14(7-11)19-17(22)16-8-12-5-6-13(18)9-15(12)20-16/h2-9,20H,1H3,(H,19,22). The minimum atomic E-state index is -0.270. The Morgan fingerprint density at radius 2 is 1.91 bits per heavy atom. The Kier molecular flexibility index (Phi) is 3.69. The maximum Gasteiger partial charge on any atom is 0.272 e. The van der Waals surface area contributed by atoms with Gasteiger partial charge in [0.15, 0.2) is 5.78 Å². The van der Waals surface area contributed by atoms with E-state index in [0.29, 0.717) is 22.0 Å². The van der Waals surface area contributed by atoms with Gasteiger partial charge in [-0.1, -0.05) is 29.8 Å². The summed E-state index contributed by atoms with van der Waals surface area (Å²) < 4.78 is 0. The van der Waals surface area contributed by atoms with Crippen LogP contribution in [-0.4, -0.2) is 16.7 Å². The van der Waals surface area contributed by atoms with Crippen LogP contribution in [0.25, 0.3) is 10.9 Å². The van der Waals surface area contributed by atoms with E-state index in [2.05, 4.69) is 10.3 Å². The van der Waals surface area contributed by atoms with Crippen molar-refractivity contribution in [2.75, 3.05) is 5.32 Å². The molecule has 22 heavy (non-hydrogen) atoms. The van der Waals surface area contributed by atoms with Crippen LogP contribution in [0.3, 0.4) is 0 Å². The van der Waals surface area contributed by atoms with Gasteiger partial charge in [-0.3, -0.25) is 9.59 Å². The molecule has 0 unspecified atom stereocenters. The summed E-state index contributed by atoms with van der Waals surface area (Å²) in [7, 11) is 0. The molecular formula is C17H13ClN2O2. The Balaban J connectivity index is 1.86. The Bertz CT molecular complexity index is 883. The molecule has 2 aromatic carbocycles. The van der Waals surface area contributed by atoms with Crippen molar-refractivity contribution in [2.24, 2.45) is 0 Å². The summed E-state index contributed by atoms with van der Waals surface area (Å²) in [6.45, 7) is 1.49. The average molecular weight is 313 g/mol. The van der Waals surface area contributed by atoms with Crippen molar-refractivity contribution in [2.45, 2.75) is 6.92 Å². The number of hydrogen-bond donors (Lipinski definition) is 2. The topological polar surface area (TPSA) is 62.0 Å². The SMILES string of the molecule is CC(=O)c1cccc(NC(=O)c2cc3ccc(Cl)cc3[nH]2)c1. The van der Waals surface area contributed by atoms with E-state index in [-0.39, 0.29) is 11.7 Å². The fraction of sp³-hybridized carbons (Fsp3) is 0.0588. The van der Waals surface area contributed by atoms with Crippen molar-refractivity contribution in [3.8, 4) is 0 Å². The second kappa shape index (κ2) is 5.66. The van der Waals surface area contributed by atoms with Gasteiger partial charge in [-0.25, -0.2) is 0 Å². The van der Waals surface area contributed by atoms with Crippen molar-refractivity contribution < 1.29 is 9.59 Å². The van der Waals surface area contributed by atoms with E-state index < -0.39 is 0 Å². The zero-order chi connectivity index (χ0) is 15.7. The number of H-pyrrole nitrogens is 1. The van der Waals surface area contributed by atoms with Crippen LogP contribution in [0.2, 0.25) is 5.02 Å². The minimum absolute atomic E-state index is 0.0450. The molecule has 0 atom stereocenters. The number of halogens is 1. The fourth-order valence-corrected chi connectivity index (χ4v) is 2.41. The normalized spacial score (nSPS) is 10.6. The largest absolute Gasteiger partial charge is 0.350 e. The Labute approximate surface area is 132 Å². The van der Waals surface area contributed by atoms with E-state index in [1.165, 1.54) is 6.92 Å². The van der Waals surface area contributed by atoms with E-state index in [0.717, 1.165) is 10.9 Å². The van der Waals surface area contributed by atoms with E-state index in [1.54, 1.807) is 42.5 Å². The number of aromatic nitrogens is 1. The highest BCUT2D eigenvalue weighted by Gasteiger charge is 2.11. The van der Waals surface area contributed by atoms with Crippen LogP contribution in [0.15, 0.2) is 48.5 Å². The van der Waals surface area contributed by atoms with Crippen molar-refractivity contribution >= 4 is 39.9 Å². The molecule has 110 valence electrons. The molecular weight excluding hydrogens is 300 g/mol. The molecule has 4 nitrogen and oxygen atoms in total. The van der Waals surface area contributed by atoms with E-state index in [9.17, 15) is 9.59 Å². The molecule has 3 rings (SSSR count). The third-order valence-corrected chi connectivity index (χ3v) is 3.59. The second-order valence-electron chi connectivity index (χ2n) is 5.01. The first-order valence-electron chi connectivity index (χ1n) is 6.73. The van der Waals surface area contributed by atoms with Gasteiger partial charge in [0, 0.05) is 27.2 Å². The first-order chi connectivity index (χ1) is 10.5. The lowest BCUT2D eigenvalue weighted by Crippen LogP contribution is -2.12. The lowest BCUT2D eigenvalue weighted by molar-refractivity contribution is 0.100.